The zero-order valence-corrected chi connectivity index (χ0v) is 19.2. The van der Waals surface area contributed by atoms with Crippen molar-refractivity contribution >= 4 is 52.2 Å². The van der Waals surface area contributed by atoms with Gasteiger partial charge in [-0.2, -0.15) is 0 Å². The predicted octanol–water partition coefficient (Wildman–Crippen LogP) is 5.25. The SMILES string of the molecule is O=C(CSc1nccn1-c1cccc(C(=O)NCc2cccs2)c1)Nc1cccc(Cl)c1. The number of thiophene rings is 1. The van der Waals surface area contributed by atoms with E-state index in [1.165, 1.54) is 11.8 Å². The maximum atomic E-state index is 12.6. The van der Waals surface area contributed by atoms with Crippen LogP contribution in [0, 0.1) is 0 Å². The van der Waals surface area contributed by atoms with Crippen LogP contribution in [-0.2, 0) is 11.3 Å². The van der Waals surface area contributed by atoms with Crippen LogP contribution in [0.3, 0.4) is 0 Å². The number of benzene rings is 2. The highest BCUT2D eigenvalue weighted by Gasteiger charge is 2.12. The lowest BCUT2D eigenvalue weighted by molar-refractivity contribution is -0.113. The van der Waals surface area contributed by atoms with Gasteiger partial charge in [-0.3, -0.25) is 14.2 Å². The third-order valence-electron chi connectivity index (χ3n) is 4.44. The van der Waals surface area contributed by atoms with Crippen molar-refractivity contribution in [3.05, 3.63) is 93.9 Å². The molecule has 2 aromatic carbocycles. The molecule has 9 heteroatoms. The molecule has 2 heterocycles. The molecule has 0 spiro atoms. The molecule has 0 atom stereocenters. The topological polar surface area (TPSA) is 76.0 Å². The maximum absolute atomic E-state index is 12.6. The normalized spacial score (nSPS) is 10.7. The fourth-order valence-electron chi connectivity index (χ4n) is 2.97. The van der Waals surface area contributed by atoms with Gasteiger partial charge in [-0.25, -0.2) is 4.98 Å². The van der Waals surface area contributed by atoms with E-state index in [2.05, 4.69) is 15.6 Å². The average molecular weight is 483 g/mol. The zero-order chi connectivity index (χ0) is 22.3. The lowest BCUT2D eigenvalue weighted by Gasteiger charge is -2.10. The highest BCUT2D eigenvalue weighted by Crippen LogP contribution is 2.22. The molecule has 4 aromatic rings. The Morgan fingerprint density at radius 1 is 1.09 bits per heavy atom. The van der Waals surface area contributed by atoms with E-state index in [1.807, 2.05) is 40.3 Å². The molecular weight excluding hydrogens is 464 g/mol. The first-order chi connectivity index (χ1) is 15.6. The van der Waals surface area contributed by atoms with Crippen LogP contribution in [0.2, 0.25) is 5.02 Å². The van der Waals surface area contributed by atoms with Crippen LogP contribution >= 0.6 is 34.7 Å². The van der Waals surface area contributed by atoms with Gasteiger partial charge in [-0.15, -0.1) is 11.3 Å². The van der Waals surface area contributed by atoms with E-state index in [-0.39, 0.29) is 17.6 Å². The molecule has 6 nitrogen and oxygen atoms in total. The third-order valence-corrected chi connectivity index (χ3v) is 6.52. The van der Waals surface area contributed by atoms with Crippen molar-refractivity contribution in [1.29, 1.82) is 0 Å². The molecule has 2 N–H and O–H groups in total. The summed E-state index contributed by atoms with van der Waals surface area (Å²) in [6, 6.07) is 18.3. The Bertz CT molecular complexity index is 1220. The summed E-state index contributed by atoms with van der Waals surface area (Å²) in [7, 11) is 0. The first kappa shape index (κ1) is 22.1. The van der Waals surface area contributed by atoms with Crippen LogP contribution in [0.1, 0.15) is 15.2 Å². The molecule has 2 aromatic heterocycles. The first-order valence-electron chi connectivity index (χ1n) is 9.71. The maximum Gasteiger partial charge on any atom is 0.251 e. The molecule has 32 heavy (non-hydrogen) atoms. The third kappa shape index (κ3) is 5.79. The van der Waals surface area contributed by atoms with Gasteiger partial charge in [0.1, 0.15) is 0 Å². The van der Waals surface area contributed by atoms with E-state index in [1.54, 1.807) is 54.1 Å². The Kier molecular flexibility index (Phi) is 7.26. The van der Waals surface area contributed by atoms with Crippen molar-refractivity contribution in [2.75, 3.05) is 11.1 Å². The number of nitrogens with zero attached hydrogens (tertiary/aromatic N) is 2. The number of rotatable bonds is 8. The fraction of sp³-hybridized carbons (Fsp3) is 0.0870. The molecule has 0 aliphatic carbocycles. The summed E-state index contributed by atoms with van der Waals surface area (Å²) < 4.78 is 1.85. The summed E-state index contributed by atoms with van der Waals surface area (Å²) in [4.78, 5) is 30.3. The largest absolute Gasteiger partial charge is 0.347 e. The molecule has 0 aliphatic rings. The molecule has 0 unspecified atom stereocenters. The van der Waals surface area contributed by atoms with Crippen LogP contribution in [-0.4, -0.2) is 27.1 Å². The number of aromatic nitrogens is 2. The zero-order valence-electron chi connectivity index (χ0n) is 16.8. The second-order valence-corrected chi connectivity index (χ2v) is 9.15. The van der Waals surface area contributed by atoms with Gasteiger partial charge >= 0.3 is 0 Å². The molecule has 162 valence electrons. The Labute approximate surface area is 198 Å². The predicted molar refractivity (Wildman–Crippen MR) is 130 cm³/mol. The number of nitrogens with one attached hydrogen (secondary N) is 2. The Hall–Kier alpha value is -3.07. The molecule has 0 radical (unpaired) electrons. The lowest BCUT2D eigenvalue weighted by atomic mass is 10.2. The quantitative estimate of drug-likeness (QED) is 0.336. The van der Waals surface area contributed by atoms with Crippen LogP contribution < -0.4 is 10.6 Å². The van der Waals surface area contributed by atoms with Gasteiger partial charge in [-0.05, 0) is 47.8 Å². The fourth-order valence-corrected chi connectivity index (χ4v) is 4.57. The van der Waals surface area contributed by atoms with Gasteiger partial charge in [0.05, 0.1) is 12.3 Å². The van der Waals surface area contributed by atoms with Gasteiger partial charge in [0.25, 0.3) is 5.91 Å². The molecule has 0 aliphatic heterocycles. The van der Waals surface area contributed by atoms with Gasteiger partial charge in [-0.1, -0.05) is 41.6 Å². The summed E-state index contributed by atoms with van der Waals surface area (Å²) >= 11 is 8.87. The number of hydrogen-bond acceptors (Lipinski definition) is 5. The van der Waals surface area contributed by atoms with Crippen molar-refractivity contribution in [3.8, 4) is 5.69 Å². The Balaban J connectivity index is 1.39. The van der Waals surface area contributed by atoms with Crippen molar-refractivity contribution < 1.29 is 9.59 Å². The molecule has 0 saturated carbocycles. The van der Waals surface area contributed by atoms with E-state index >= 15 is 0 Å². The number of anilines is 1. The van der Waals surface area contributed by atoms with E-state index in [4.69, 9.17) is 11.6 Å². The van der Waals surface area contributed by atoms with E-state index < -0.39 is 0 Å². The van der Waals surface area contributed by atoms with Gasteiger partial charge in [0, 0.05) is 39.2 Å². The Morgan fingerprint density at radius 2 is 1.97 bits per heavy atom. The summed E-state index contributed by atoms with van der Waals surface area (Å²) in [5.74, 6) is -0.117. The highest BCUT2D eigenvalue weighted by atomic mass is 35.5. The number of hydrogen-bond donors (Lipinski definition) is 2. The van der Waals surface area contributed by atoms with Gasteiger partial charge in [0.15, 0.2) is 5.16 Å². The second-order valence-electron chi connectivity index (χ2n) is 6.74. The van der Waals surface area contributed by atoms with Crippen molar-refractivity contribution in [1.82, 2.24) is 14.9 Å². The monoisotopic (exact) mass is 482 g/mol. The number of carbonyl (C=O) groups is 2. The second kappa shape index (κ2) is 10.5. The van der Waals surface area contributed by atoms with Gasteiger partial charge in [0.2, 0.25) is 5.91 Å². The average Bonchev–Trinajstić information content (AvgIpc) is 3.48. The standard InChI is InChI=1S/C23H19ClN4O2S2/c24-17-5-2-6-18(13-17)27-21(29)15-32-23-25-9-10-28(23)19-7-1-4-16(12-19)22(30)26-14-20-8-3-11-31-20/h1-13H,14-15H2,(H,26,30)(H,27,29). The molecule has 4 rings (SSSR count). The number of amides is 2. The van der Waals surface area contributed by atoms with Crippen LogP contribution in [0.5, 0.6) is 0 Å². The molecular formula is C23H19ClN4O2S2. The number of thioether (sulfide) groups is 1. The van der Waals surface area contributed by atoms with Crippen LogP contribution in [0.4, 0.5) is 5.69 Å². The molecule has 0 saturated heterocycles. The molecule has 0 fully saturated rings. The van der Waals surface area contributed by atoms with E-state index in [0.29, 0.717) is 28.0 Å². The minimum Gasteiger partial charge on any atom is -0.347 e. The number of carbonyl (C=O) groups excluding carboxylic acids is 2. The molecule has 0 bridgehead atoms. The Morgan fingerprint density at radius 3 is 2.78 bits per heavy atom. The smallest absolute Gasteiger partial charge is 0.251 e. The molecule has 2 amide bonds. The van der Waals surface area contributed by atoms with E-state index in [0.717, 1.165) is 10.6 Å². The van der Waals surface area contributed by atoms with Crippen molar-refractivity contribution in [2.24, 2.45) is 0 Å². The highest BCUT2D eigenvalue weighted by molar-refractivity contribution is 7.99. The van der Waals surface area contributed by atoms with Gasteiger partial charge < -0.3 is 10.6 Å². The van der Waals surface area contributed by atoms with Crippen LogP contribution in [0.15, 0.2) is 83.6 Å². The summed E-state index contributed by atoms with van der Waals surface area (Å²) in [6.07, 6.45) is 3.47. The number of halogens is 1. The van der Waals surface area contributed by atoms with Crippen molar-refractivity contribution in [2.45, 2.75) is 11.7 Å². The summed E-state index contributed by atoms with van der Waals surface area (Å²) in [6.45, 7) is 0.495. The van der Waals surface area contributed by atoms with E-state index in [9.17, 15) is 9.59 Å². The first-order valence-corrected chi connectivity index (χ1v) is 12.0. The van der Waals surface area contributed by atoms with Crippen molar-refractivity contribution in [3.63, 3.8) is 0 Å². The number of imidazole rings is 1. The van der Waals surface area contributed by atoms with Crippen LogP contribution in [0.25, 0.3) is 5.69 Å². The summed E-state index contributed by atoms with van der Waals surface area (Å²) in [5.41, 5.74) is 2.00. The minimum absolute atomic E-state index is 0.143. The minimum atomic E-state index is -0.159. The lowest BCUT2D eigenvalue weighted by Crippen LogP contribution is -2.22. The summed E-state index contributed by atoms with van der Waals surface area (Å²) in [5, 5.41) is 8.95.